The predicted octanol–water partition coefficient (Wildman–Crippen LogP) is 0.364. The van der Waals surface area contributed by atoms with Crippen molar-refractivity contribution in [2.24, 2.45) is 0 Å². The fraction of sp³-hybridized carbons (Fsp3) is 0.364. The van der Waals surface area contributed by atoms with Gasteiger partial charge in [0, 0.05) is 0 Å². The van der Waals surface area contributed by atoms with E-state index >= 15 is 0 Å². The van der Waals surface area contributed by atoms with Gasteiger partial charge < -0.3 is 45.2 Å². The van der Waals surface area contributed by atoms with Gasteiger partial charge in [-0.1, -0.05) is 24.3 Å². The molecule has 1 aliphatic rings. The standard InChI is InChI=1S/C16H16O3.C6H12O6/c1-11-7-13(9-14(17)8-11)4-3-12-5-6-15(18)16(10-12)19-2;7-1-2-3(8)4(9)5(10)6(11)12-2/h3-10,17-18H,1-2H3;2-11H,1H2/b4-3+;. The van der Waals surface area contributed by atoms with Crippen LogP contribution in [0, 0.1) is 6.92 Å². The van der Waals surface area contributed by atoms with Gasteiger partial charge in [-0.3, -0.25) is 0 Å². The maximum Gasteiger partial charge on any atom is 0.184 e. The van der Waals surface area contributed by atoms with Crippen LogP contribution in [0.15, 0.2) is 36.4 Å². The molecule has 1 saturated heterocycles. The zero-order valence-electron chi connectivity index (χ0n) is 17.2. The molecular formula is C22H28O9. The highest BCUT2D eigenvalue weighted by atomic mass is 16.6. The molecule has 0 radical (unpaired) electrons. The van der Waals surface area contributed by atoms with Crippen LogP contribution in [0.5, 0.6) is 17.2 Å². The fourth-order valence-electron chi connectivity index (χ4n) is 2.96. The van der Waals surface area contributed by atoms with Gasteiger partial charge in [0.1, 0.15) is 30.2 Å². The van der Waals surface area contributed by atoms with Crippen LogP contribution in [0.4, 0.5) is 0 Å². The monoisotopic (exact) mass is 436 g/mol. The minimum Gasteiger partial charge on any atom is -0.508 e. The molecular weight excluding hydrogens is 408 g/mol. The molecule has 5 atom stereocenters. The first kappa shape index (κ1) is 24.6. The summed E-state index contributed by atoms with van der Waals surface area (Å²) in [6.07, 6.45) is -3.24. The number of ether oxygens (including phenoxy) is 2. The van der Waals surface area contributed by atoms with Gasteiger partial charge in [0.2, 0.25) is 0 Å². The molecule has 1 fully saturated rings. The lowest BCUT2D eigenvalue weighted by atomic mass is 10.00. The van der Waals surface area contributed by atoms with E-state index in [1.165, 1.54) is 7.11 Å². The van der Waals surface area contributed by atoms with Crippen LogP contribution >= 0.6 is 0 Å². The van der Waals surface area contributed by atoms with E-state index in [2.05, 4.69) is 4.74 Å². The van der Waals surface area contributed by atoms with Crippen LogP contribution in [0.1, 0.15) is 16.7 Å². The first-order valence-electron chi connectivity index (χ1n) is 9.50. The quantitative estimate of drug-likeness (QED) is 0.336. The number of phenolic OH excluding ortho intramolecular Hbond substituents is 2. The van der Waals surface area contributed by atoms with Crippen molar-refractivity contribution in [3.05, 3.63) is 53.1 Å². The van der Waals surface area contributed by atoms with Gasteiger partial charge in [-0.05, 0) is 47.9 Å². The molecule has 9 nitrogen and oxygen atoms in total. The molecule has 2 aromatic carbocycles. The Balaban J connectivity index is 0.000000245. The molecule has 7 N–H and O–H groups in total. The smallest absolute Gasteiger partial charge is 0.184 e. The highest BCUT2D eigenvalue weighted by molar-refractivity contribution is 5.71. The van der Waals surface area contributed by atoms with E-state index < -0.39 is 37.3 Å². The average Bonchev–Trinajstić information content (AvgIpc) is 2.74. The molecule has 3 rings (SSSR count). The number of rotatable bonds is 4. The second-order valence-electron chi connectivity index (χ2n) is 7.09. The van der Waals surface area contributed by atoms with Gasteiger partial charge in [-0.25, -0.2) is 0 Å². The van der Waals surface area contributed by atoms with Crippen LogP contribution in [0.3, 0.4) is 0 Å². The van der Waals surface area contributed by atoms with Gasteiger partial charge in [0.05, 0.1) is 13.7 Å². The average molecular weight is 436 g/mol. The summed E-state index contributed by atoms with van der Waals surface area (Å²) in [6.45, 7) is 1.41. The lowest BCUT2D eigenvalue weighted by Gasteiger charge is -2.37. The molecule has 0 aliphatic carbocycles. The van der Waals surface area contributed by atoms with Crippen LogP contribution in [-0.4, -0.2) is 80.2 Å². The zero-order chi connectivity index (χ0) is 23.1. The number of methoxy groups -OCH3 is 1. The molecule has 0 bridgehead atoms. The predicted molar refractivity (Wildman–Crippen MR) is 112 cm³/mol. The number of aryl methyl sites for hydroxylation is 1. The van der Waals surface area contributed by atoms with Crippen LogP contribution in [0.2, 0.25) is 0 Å². The normalized spacial score (nSPS) is 25.7. The van der Waals surface area contributed by atoms with Crippen LogP contribution in [-0.2, 0) is 4.74 Å². The SMILES string of the molecule is COc1cc(/C=C/c2cc(C)cc(O)c2)ccc1O.OCC1OC(O)C(O)C(O)C1O. The largest absolute Gasteiger partial charge is 0.508 e. The summed E-state index contributed by atoms with van der Waals surface area (Å²) in [7, 11) is 1.52. The van der Waals surface area contributed by atoms with E-state index in [4.69, 9.17) is 30.3 Å². The van der Waals surface area contributed by atoms with Crippen molar-refractivity contribution in [2.45, 2.75) is 37.6 Å². The van der Waals surface area contributed by atoms with Crippen molar-refractivity contribution in [2.75, 3.05) is 13.7 Å². The van der Waals surface area contributed by atoms with Crippen molar-refractivity contribution < 1.29 is 45.2 Å². The lowest BCUT2D eigenvalue weighted by molar-refractivity contribution is -0.286. The van der Waals surface area contributed by atoms with Gasteiger partial charge >= 0.3 is 0 Å². The third kappa shape index (κ3) is 6.66. The molecule has 0 aromatic heterocycles. The molecule has 0 saturated carbocycles. The minimum absolute atomic E-state index is 0.118. The number of aliphatic hydroxyl groups excluding tert-OH is 5. The molecule has 1 heterocycles. The number of phenols is 2. The van der Waals surface area contributed by atoms with Crippen molar-refractivity contribution in [3.8, 4) is 17.2 Å². The summed E-state index contributed by atoms with van der Waals surface area (Å²) >= 11 is 0. The molecule has 170 valence electrons. The lowest BCUT2D eigenvalue weighted by Crippen LogP contribution is -2.58. The van der Waals surface area contributed by atoms with Crippen molar-refractivity contribution in [1.82, 2.24) is 0 Å². The van der Waals surface area contributed by atoms with E-state index in [9.17, 15) is 10.2 Å². The number of benzene rings is 2. The van der Waals surface area contributed by atoms with Gasteiger partial charge in [-0.2, -0.15) is 0 Å². The molecule has 5 unspecified atom stereocenters. The van der Waals surface area contributed by atoms with E-state index in [1.54, 1.807) is 30.3 Å². The number of hydrogen-bond donors (Lipinski definition) is 7. The Hall–Kier alpha value is -2.66. The number of aliphatic hydroxyl groups is 5. The Morgan fingerprint density at radius 3 is 2.19 bits per heavy atom. The van der Waals surface area contributed by atoms with E-state index in [0.717, 1.165) is 16.7 Å². The van der Waals surface area contributed by atoms with Crippen molar-refractivity contribution in [1.29, 1.82) is 0 Å². The number of hydrogen-bond acceptors (Lipinski definition) is 9. The van der Waals surface area contributed by atoms with Gasteiger partial charge in [0.15, 0.2) is 17.8 Å². The Kier molecular flexibility index (Phi) is 8.81. The van der Waals surface area contributed by atoms with Crippen LogP contribution < -0.4 is 4.74 Å². The van der Waals surface area contributed by atoms with E-state index in [0.29, 0.717) is 5.75 Å². The highest BCUT2D eigenvalue weighted by Crippen LogP contribution is 2.27. The van der Waals surface area contributed by atoms with Crippen LogP contribution in [0.25, 0.3) is 12.2 Å². The van der Waals surface area contributed by atoms with E-state index in [1.807, 2.05) is 25.1 Å². The summed E-state index contributed by atoms with van der Waals surface area (Å²) in [5, 5.41) is 63.7. The Morgan fingerprint density at radius 1 is 0.903 bits per heavy atom. The fourth-order valence-corrected chi connectivity index (χ4v) is 2.96. The molecule has 31 heavy (non-hydrogen) atoms. The maximum absolute atomic E-state index is 9.52. The Morgan fingerprint density at radius 2 is 1.58 bits per heavy atom. The maximum atomic E-state index is 9.52. The highest BCUT2D eigenvalue weighted by Gasteiger charge is 2.42. The summed E-state index contributed by atoms with van der Waals surface area (Å²) in [4.78, 5) is 0. The third-order valence-corrected chi connectivity index (χ3v) is 4.62. The summed E-state index contributed by atoms with van der Waals surface area (Å²) in [6, 6.07) is 10.5. The molecule has 0 spiro atoms. The van der Waals surface area contributed by atoms with Gasteiger partial charge in [0.25, 0.3) is 0 Å². The second kappa shape index (κ2) is 11.1. The number of aromatic hydroxyl groups is 2. The van der Waals surface area contributed by atoms with Gasteiger partial charge in [-0.15, -0.1) is 0 Å². The molecule has 9 heteroatoms. The first-order chi connectivity index (χ1) is 14.7. The Bertz CT molecular complexity index is 858. The molecule has 2 aromatic rings. The van der Waals surface area contributed by atoms with E-state index in [-0.39, 0.29) is 11.5 Å². The zero-order valence-corrected chi connectivity index (χ0v) is 17.2. The summed E-state index contributed by atoms with van der Waals surface area (Å²) in [5.41, 5.74) is 2.84. The minimum atomic E-state index is -1.57. The van der Waals surface area contributed by atoms with Crippen molar-refractivity contribution >= 4 is 12.2 Å². The first-order valence-corrected chi connectivity index (χ1v) is 9.50. The topological polar surface area (TPSA) is 160 Å². The molecule has 0 amide bonds. The summed E-state index contributed by atoms with van der Waals surface area (Å²) in [5.74, 6) is 0.810. The second-order valence-corrected chi connectivity index (χ2v) is 7.09. The third-order valence-electron chi connectivity index (χ3n) is 4.62. The Labute approximate surface area is 179 Å². The van der Waals surface area contributed by atoms with Crippen molar-refractivity contribution in [3.63, 3.8) is 0 Å². The summed E-state index contributed by atoms with van der Waals surface area (Å²) < 4.78 is 9.63. The molecule has 1 aliphatic heterocycles.